The molecule has 0 unspecified atom stereocenters. The second-order valence-corrected chi connectivity index (χ2v) is 8.49. The van der Waals surface area contributed by atoms with Crippen molar-refractivity contribution in [2.75, 3.05) is 30.3 Å². The summed E-state index contributed by atoms with van der Waals surface area (Å²) in [6.07, 6.45) is 1.06. The highest BCUT2D eigenvalue weighted by atomic mass is 32.2. The molecule has 0 aromatic heterocycles. The third-order valence-electron chi connectivity index (χ3n) is 3.35. The number of carbonyl (C=O) groups is 2. The first-order valence-corrected chi connectivity index (χ1v) is 9.85. The van der Waals surface area contributed by atoms with Crippen molar-refractivity contribution in [2.24, 2.45) is 5.41 Å². The van der Waals surface area contributed by atoms with Gasteiger partial charge in [0.05, 0.1) is 30.7 Å². The molecule has 1 aromatic rings. The van der Waals surface area contributed by atoms with Crippen LogP contribution in [0.5, 0.6) is 0 Å². The summed E-state index contributed by atoms with van der Waals surface area (Å²) >= 11 is 0. The maximum Gasteiger partial charge on any atom is 0.340 e. The summed E-state index contributed by atoms with van der Waals surface area (Å²) in [6.45, 7) is 7.31. The predicted molar refractivity (Wildman–Crippen MR) is 97.1 cm³/mol. The fourth-order valence-corrected chi connectivity index (χ4v) is 3.01. The van der Waals surface area contributed by atoms with Gasteiger partial charge in [-0.25, -0.2) is 13.2 Å². The Kier molecular flexibility index (Phi) is 6.98. The van der Waals surface area contributed by atoms with Gasteiger partial charge in [-0.15, -0.1) is 0 Å². The van der Waals surface area contributed by atoms with Gasteiger partial charge >= 0.3 is 5.97 Å². The van der Waals surface area contributed by atoms with Crippen LogP contribution in [0.3, 0.4) is 0 Å². The minimum absolute atomic E-state index is 0.0110. The summed E-state index contributed by atoms with van der Waals surface area (Å²) in [4.78, 5) is 24.0. The predicted octanol–water partition coefficient (Wildman–Crippen LogP) is 1.79. The topological polar surface area (TPSA) is 92.8 Å². The van der Waals surface area contributed by atoms with E-state index in [2.05, 4.69) is 5.32 Å². The molecule has 0 fully saturated rings. The zero-order chi connectivity index (χ0) is 19.3. The summed E-state index contributed by atoms with van der Waals surface area (Å²) in [6, 6.07) is 6.33. The number of para-hydroxylation sites is 1. The van der Waals surface area contributed by atoms with Crippen molar-refractivity contribution in [1.29, 1.82) is 0 Å². The number of nitrogens with one attached hydrogen (secondary N) is 1. The van der Waals surface area contributed by atoms with Gasteiger partial charge in [-0.1, -0.05) is 32.9 Å². The lowest BCUT2D eigenvalue weighted by atomic mass is 9.96. The Morgan fingerprint density at radius 1 is 1.20 bits per heavy atom. The molecule has 1 amide bonds. The molecule has 1 N–H and O–H groups in total. The first kappa shape index (κ1) is 21.0. The van der Waals surface area contributed by atoms with Crippen molar-refractivity contribution in [3.63, 3.8) is 0 Å². The number of hydrogen-bond acceptors (Lipinski definition) is 5. The summed E-state index contributed by atoms with van der Waals surface area (Å²) in [7, 11) is -3.65. The lowest BCUT2D eigenvalue weighted by molar-refractivity contribution is -0.128. The van der Waals surface area contributed by atoms with Crippen molar-refractivity contribution in [3.05, 3.63) is 29.8 Å². The molecule has 7 nitrogen and oxygen atoms in total. The normalized spacial score (nSPS) is 11.7. The molecule has 0 atom stereocenters. The molecule has 1 aromatic carbocycles. The molecule has 0 aliphatic heterocycles. The van der Waals surface area contributed by atoms with E-state index in [9.17, 15) is 18.0 Å². The number of nitrogens with zero attached hydrogens (tertiary/aromatic N) is 1. The SMILES string of the molecule is CCOC(=O)c1ccccc1N(CCNC(=O)C(C)(C)C)S(C)(=O)=O. The molecular weight excluding hydrogens is 344 g/mol. The van der Waals surface area contributed by atoms with E-state index in [1.54, 1.807) is 45.9 Å². The largest absolute Gasteiger partial charge is 0.462 e. The zero-order valence-corrected chi connectivity index (χ0v) is 16.1. The van der Waals surface area contributed by atoms with Crippen molar-refractivity contribution in [1.82, 2.24) is 5.32 Å². The van der Waals surface area contributed by atoms with Crippen LogP contribution >= 0.6 is 0 Å². The Bertz CT molecular complexity index is 723. The van der Waals surface area contributed by atoms with Gasteiger partial charge < -0.3 is 10.1 Å². The van der Waals surface area contributed by atoms with Crippen LogP contribution in [-0.4, -0.2) is 46.2 Å². The van der Waals surface area contributed by atoms with Crippen molar-refractivity contribution < 1.29 is 22.7 Å². The van der Waals surface area contributed by atoms with E-state index in [4.69, 9.17) is 4.74 Å². The van der Waals surface area contributed by atoms with Crippen LogP contribution in [0.4, 0.5) is 5.69 Å². The molecular formula is C17H26N2O5S. The fraction of sp³-hybridized carbons (Fsp3) is 0.529. The van der Waals surface area contributed by atoms with Gasteiger partial charge in [0.1, 0.15) is 0 Å². The minimum Gasteiger partial charge on any atom is -0.462 e. The number of sulfonamides is 1. The monoisotopic (exact) mass is 370 g/mol. The molecule has 0 bridgehead atoms. The third kappa shape index (κ3) is 6.04. The number of carbonyl (C=O) groups excluding carboxylic acids is 2. The molecule has 0 heterocycles. The van der Waals surface area contributed by atoms with Gasteiger partial charge in [-0.3, -0.25) is 9.10 Å². The van der Waals surface area contributed by atoms with Crippen LogP contribution in [0.1, 0.15) is 38.1 Å². The molecule has 0 spiro atoms. The van der Waals surface area contributed by atoms with E-state index in [-0.39, 0.29) is 36.9 Å². The van der Waals surface area contributed by atoms with E-state index in [1.807, 2.05) is 0 Å². The van der Waals surface area contributed by atoms with Crippen LogP contribution in [0.2, 0.25) is 0 Å². The molecule has 0 radical (unpaired) electrons. The average molecular weight is 370 g/mol. The lowest BCUT2D eigenvalue weighted by Crippen LogP contribution is -2.42. The standard InChI is InChI=1S/C17H26N2O5S/c1-6-24-15(20)13-9-7-8-10-14(13)19(25(5,22)23)12-11-18-16(21)17(2,3)4/h7-10H,6,11-12H2,1-5H3,(H,18,21). The van der Waals surface area contributed by atoms with E-state index in [0.29, 0.717) is 0 Å². The smallest absolute Gasteiger partial charge is 0.340 e. The molecule has 140 valence electrons. The number of amides is 1. The van der Waals surface area contributed by atoms with E-state index in [1.165, 1.54) is 6.07 Å². The van der Waals surface area contributed by atoms with Crippen LogP contribution in [-0.2, 0) is 19.6 Å². The van der Waals surface area contributed by atoms with E-state index < -0.39 is 21.4 Å². The van der Waals surface area contributed by atoms with Gasteiger partial charge in [0.2, 0.25) is 15.9 Å². The van der Waals surface area contributed by atoms with Gasteiger partial charge in [-0.05, 0) is 19.1 Å². The highest BCUT2D eigenvalue weighted by Gasteiger charge is 2.25. The quantitative estimate of drug-likeness (QED) is 0.739. The van der Waals surface area contributed by atoms with Crippen LogP contribution in [0, 0.1) is 5.41 Å². The van der Waals surface area contributed by atoms with E-state index in [0.717, 1.165) is 10.6 Å². The number of hydrogen-bond donors (Lipinski definition) is 1. The fourth-order valence-electron chi connectivity index (χ4n) is 2.07. The second-order valence-electron chi connectivity index (χ2n) is 6.58. The molecule has 1 rings (SSSR count). The number of rotatable bonds is 7. The van der Waals surface area contributed by atoms with Crippen molar-refractivity contribution in [2.45, 2.75) is 27.7 Å². The number of benzene rings is 1. The number of esters is 1. The molecule has 0 saturated carbocycles. The van der Waals surface area contributed by atoms with Gasteiger partial charge in [-0.2, -0.15) is 0 Å². The van der Waals surface area contributed by atoms with Crippen molar-refractivity contribution >= 4 is 27.6 Å². The van der Waals surface area contributed by atoms with Crippen LogP contribution in [0.15, 0.2) is 24.3 Å². The Morgan fingerprint density at radius 3 is 2.32 bits per heavy atom. The minimum atomic E-state index is -3.65. The maximum atomic E-state index is 12.2. The molecule has 8 heteroatoms. The zero-order valence-electron chi connectivity index (χ0n) is 15.3. The highest BCUT2D eigenvalue weighted by molar-refractivity contribution is 7.92. The Hall–Kier alpha value is -2.09. The van der Waals surface area contributed by atoms with Crippen LogP contribution < -0.4 is 9.62 Å². The second kappa shape index (κ2) is 8.33. The van der Waals surface area contributed by atoms with Gasteiger partial charge in [0.25, 0.3) is 0 Å². The lowest BCUT2D eigenvalue weighted by Gasteiger charge is -2.25. The Balaban J connectivity index is 3.06. The summed E-state index contributed by atoms with van der Waals surface area (Å²) in [5.41, 5.74) is -0.177. The molecule has 0 saturated heterocycles. The third-order valence-corrected chi connectivity index (χ3v) is 4.53. The summed E-state index contributed by atoms with van der Waals surface area (Å²) < 4.78 is 30.5. The highest BCUT2D eigenvalue weighted by Crippen LogP contribution is 2.23. The summed E-state index contributed by atoms with van der Waals surface area (Å²) in [5, 5.41) is 2.71. The van der Waals surface area contributed by atoms with Crippen LogP contribution in [0.25, 0.3) is 0 Å². The average Bonchev–Trinajstić information content (AvgIpc) is 2.49. The van der Waals surface area contributed by atoms with E-state index >= 15 is 0 Å². The first-order valence-electron chi connectivity index (χ1n) is 8.00. The molecule has 0 aliphatic carbocycles. The number of anilines is 1. The van der Waals surface area contributed by atoms with Gasteiger partial charge in [0, 0.05) is 12.0 Å². The summed E-state index contributed by atoms with van der Waals surface area (Å²) in [5.74, 6) is -0.773. The Labute approximate surface area is 149 Å². The number of ether oxygens (including phenoxy) is 1. The van der Waals surface area contributed by atoms with Crippen molar-refractivity contribution in [3.8, 4) is 0 Å². The molecule has 0 aliphatic rings. The van der Waals surface area contributed by atoms with Gasteiger partial charge in [0.15, 0.2) is 0 Å². The Morgan fingerprint density at radius 2 is 1.80 bits per heavy atom. The maximum absolute atomic E-state index is 12.2. The molecule has 25 heavy (non-hydrogen) atoms. The first-order chi connectivity index (χ1) is 11.5.